The fourth-order valence-corrected chi connectivity index (χ4v) is 1.94. The fourth-order valence-electron chi connectivity index (χ4n) is 1.94. The summed E-state index contributed by atoms with van der Waals surface area (Å²) in [5, 5.41) is 0. The molecule has 1 aliphatic heterocycles. The van der Waals surface area contributed by atoms with E-state index in [1.165, 1.54) is 0 Å². The molecular weight excluding hydrogens is 214 g/mol. The Morgan fingerprint density at radius 2 is 2.41 bits per heavy atom. The molecule has 0 aliphatic carbocycles. The molecule has 0 saturated heterocycles. The Kier molecular flexibility index (Phi) is 3.34. The molecular formula is C14H15NO2. The number of fused-ring (bicyclic) bond motifs is 1. The van der Waals surface area contributed by atoms with Crippen molar-refractivity contribution in [2.75, 3.05) is 19.7 Å². The second-order valence-corrected chi connectivity index (χ2v) is 3.94. The van der Waals surface area contributed by atoms with Crippen LogP contribution in [0.25, 0.3) is 0 Å². The van der Waals surface area contributed by atoms with Gasteiger partial charge in [0.1, 0.15) is 5.75 Å². The molecule has 3 heteroatoms. The van der Waals surface area contributed by atoms with Crippen LogP contribution in [0, 0.1) is 12.3 Å². The lowest BCUT2D eigenvalue weighted by molar-refractivity contribution is 0.0785. The summed E-state index contributed by atoms with van der Waals surface area (Å²) in [4.78, 5) is 13.8. The second kappa shape index (κ2) is 4.92. The van der Waals surface area contributed by atoms with Crippen LogP contribution in [-0.2, 0) is 6.42 Å². The summed E-state index contributed by atoms with van der Waals surface area (Å²) in [5.41, 5.74) is 1.79. The van der Waals surface area contributed by atoms with Gasteiger partial charge in [-0.2, -0.15) is 0 Å². The van der Waals surface area contributed by atoms with Gasteiger partial charge >= 0.3 is 0 Å². The molecule has 1 aliphatic rings. The van der Waals surface area contributed by atoms with E-state index in [9.17, 15) is 4.79 Å². The Morgan fingerprint density at radius 1 is 1.59 bits per heavy atom. The molecule has 3 nitrogen and oxygen atoms in total. The molecule has 0 saturated carbocycles. The quantitative estimate of drug-likeness (QED) is 0.738. The molecule has 0 aromatic heterocycles. The van der Waals surface area contributed by atoms with Crippen molar-refractivity contribution in [3.63, 3.8) is 0 Å². The average molecular weight is 229 g/mol. The van der Waals surface area contributed by atoms with E-state index in [-0.39, 0.29) is 5.91 Å². The number of nitrogens with zero attached hydrogens (tertiary/aromatic N) is 1. The Balaban J connectivity index is 2.22. The zero-order valence-electron chi connectivity index (χ0n) is 9.90. The van der Waals surface area contributed by atoms with Crippen LogP contribution < -0.4 is 4.74 Å². The molecule has 1 amide bonds. The summed E-state index contributed by atoms with van der Waals surface area (Å²) >= 11 is 0. The van der Waals surface area contributed by atoms with Crippen LogP contribution >= 0.6 is 0 Å². The minimum atomic E-state index is -0.0137. The lowest BCUT2D eigenvalue weighted by Gasteiger charge is -2.18. The predicted octanol–water partition coefficient (Wildman–Crippen LogP) is 1.72. The van der Waals surface area contributed by atoms with Crippen molar-refractivity contribution < 1.29 is 9.53 Å². The van der Waals surface area contributed by atoms with E-state index < -0.39 is 0 Å². The van der Waals surface area contributed by atoms with Gasteiger partial charge in [0.15, 0.2) is 0 Å². The van der Waals surface area contributed by atoms with Crippen molar-refractivity contribution in [3.05, 3.63) is 29.3 Å². The van der Waals surface area contributed by atoms with Gasteiger partial charge < -0.3 is 9.64 Å². The zero-order valence-corrected chi connectivity index (χ0v) is 9.90. The Labute approximate surface area is 101 Å². The van der Waals surface area contributed by atoms with Crippen LogP contribution in [-0.4, -0.2) is 30.5 Å². The van der Waals surface area contributed by atoms with Gasteiger partial charge in [-0.15, -0.1) is 6.42 Å². The molecule has 88 valence electrons. The third kappa shape index (κ3) is 2.26. The van der Waals surface area contributed by atoms with E-state index in [2.05, 4.69) is 5.92 Å². The third-order valence-corrected chi connectivity index (χ3v) is 2.89. The van der Waals surface area contributed by atoms with Crippen LogP contribution in [0.4, 0.5) is 0 Å². The maximum Gasteiger partial charge on any atom is 0.254 e. The summed E-state index contributed by atoms with van der Waals surface area (Å²) in [6, 6.07) is 5.56. The van der Waals surface area contributed by atoms with Crippen molar-refractivity contribution in [1.29, 1.82) is 0 Å². The monoisotopic (exact) mass is 229 g/mol. The highest BCUT2D eigenvalue weighted by Crippen LogP contribution is 2.26. The average Bonchev–Trinajstić information content (AvgIpc) is 2.82. The number of hydrogen-bond acceptors (Lipinski definition) is 2. The molecule has 1 aromatic rings. The predicted molar refractivity (Wildman–Crippen MR) is 66.1 cm³/mol. The highest BCUT2D eigenvalue weighted by atomic mass is 16.5. The minimum absolute atomic E-state index is 0.0137. The number of carbonyl (C=O) groups excluding carboxylic acids is 1. The van der Waals surface area contributed by atoms with Gasteiger partial charge in [0.2, 0.25) is 0 Å². The van der Waals surface area contributed by atoms with Gasteiger partial charge in [0.05, 0.1) is 13.2 Å². The van der Waals surface area contributed by atoms with E-state index in [1.807, 2.05) is 19.1 Å². The zero-order chi connectivity index (χ0) is 12.3. The topological polar surface area (TPSA) is 29.5 Å². The highest BCUT2D eigenvalue weighted by Gasteiger charge is 2.17. The summed E-state index contributed by atoms with van der Waals surface area (Å²) in [5.74, 6) is 3.38. The Bertz CT molecular complexity index is 474. The number of hydrogen-bond donors (Lipinski definition) is 0. The number of amides is 1. The van der Waals surface area contributed by atoms with Crippen molar-refractivity contribution in [2.45, 2.75) is 13.3 Å². The number of carbonyl (C=O) groups is 1. The Hall–Kier alpha value is -1.95. The van der Waals surface area contributed by atoms with Crippen molar-refractivity contribution in [2.24, 2.45) is 0 Å². The summed E-state index contributed by atoms with van der Waals surface area (Å²) in [7, 11) is 0. The SMILES string of the molecule is C#CCN(CC)C(=O)c1ccc2c(c1)CCO2. The molecule has 0 bridgehead atoms. The third-order valence-electron chi connectivity index (χ3n) is 2.89. The summed E-state index contributed by atoms with van der Waals surface area (Å²) in [6.45, 7) is 3.60. The van der Waals surface area contributed by atoms with E-state index in [0.29, 0.717) is 25.3 Å². The minimum Gasteiger partial charge on any atom is -0.493 e. The fraction of sp³-hybridized carbons (Fsp3) is 0.357. The second-order valence-electron chi connectivity index (χ2n) is 3.94. The smallest absolute Gasteiger partial charge is 0.254 e. The number of rotatable bonds is 3. The lowest BCUT2D eigenvalue weighted by atomic mass is 10.1. The van der Waals surface area contributed by atoms with Crippen LogP contribution in [0.3, 0.4) is 0 Å². The summed E-state index contributed by atoms with van der Waals surface area (Å²) < 4.78 is 5.41. The van der Waals surface area contributed by atoms with Crippen LogP contribution in [0.15, 0.2) is 18.2 Å². The van der Waals surface area contributed by atoms with Crippen LogP contribution in [0.2, 0.25) is 0 Å². The maximum atomic E-state index is 12.2. The first-order chi connectivity index (χ1) is 8.26. The molecule has 1 aromatic carbocycles. The molecule has 0 radical (unpaired) electrons. The normalized spacial score (nSPS) is 12.5. The van der Waals surface area contributed by atoms with E-state index in [0.717, 1.165) is 17.7 Å². The van der Waals surface area contributed by atoms with Gasteiger partial charge in [0, 0.05) is 18.5 Å². The number of terminal acetylenes is 1. The Morgan fingerprint density at radius 3 is 3.12 bits per heavy atom. The summed E-state index contributed by atoms with van der Waals surface area (Å²) in [6.07, 6.45) is 6.12. The van der Waals surface area contributed by atoms with E-state index >= 15 is 0 Å². The molecule has 1 heterocycles. The van der Waals surface area contributed by atoms with Gasteiger partial charge in [-0.25, -0.2) is 0 Å². The standard InChI is InChI=1S/C14H15NO2/c1-3-8-15(4-2)14(16)12-5-6-13-11(10-12)7-9-17-13/h1,5-6,10H,4,7-9H2,2H3. The number of benzene rings is 1. The van der Waals surface area contributed by atoms with Crippen molar-refractivity contribution in [1.82, 2.24) is 4.90 Å². The molecule has 2 rings (SSSR count). The van der Waals surface area contributed by atoms with Crippen molar-refractivity contribution >= 4 is 5.91 Å². The van der Waals surface area contributed by atoms with Crippen molar-refractivity contribution in [3.8, 4) is 18.1 Å². The molecule has 0 fully saturated rings. The molecule has 0 spiro atoms. The van der Waals surface area contributed by atoms with Gasteiger partial charge in [-0.05, 0) is 30.7 Å². The van der Waals surface area contributed by atoms with E-state index in [4.69, 9.17) is 11.2 Å². The highest BCUT2D eigenvalue weighted by molar-refractivity contribution is 5.94. The first kappa shape index (κ1) is 11.5. The molecule has 0 atom stereocenters. The van der Waals surface area contributed by atoms with Gasteiger partial charge in [-0.1, -0.05) is 5.92 Å². The van der Waals surface area contributed by atoms with Crippen LogP contribution in [0.5, 0.6) is 5.75 Å². The first-order valence-electron chi connectivity index (χ1n) is 5.74. The number of ether oxygens (including phenoxy) is 1. The molecule has 0 N–H and O–H groups in total. The molecule has 17 heavy (non-hydrogen) atoms. The first-order valence-corrected chi connectivity index (χ1v) is 5.74. The van der Waals surface area contributed by atoms with E-state index in [1.54, 1.807) is 11.0 Å². The largest absolute Gasteiger partial charge is 0.493 e. The lowest BCUT2D eigenvalue weighted by Crippen LogP contribution is -2.31. The molecule has 0 unspecified atom stereocenters. The van der Waals surface area contributed by atoms with Gasteiger partial charge in [0.25, 0.3) is 5.91 Å². The van der Waals surface area contributed by atoms with Gasteiger partial charge in [-0.3, -0.25) is 4.79 Å². The van der Waals surface area contributed by atoms with Crippen LogP contribution in [0.1, 0.15) is 22.8 Å². The maximum absolute atomic E-state index is 12.2.